The molecule has 2 aromatic rings. The molecule has 1 aromatic heterocycles. The number of unbranched alkanes of at least 4 members (excludes halogenated alkanes) is 1. The van der Waals surface area contributed by atoms with Crippen molar-refractivity contribution >= 4 is 15.7 Å². The number of aryl methyl sites for hydroxylation is 1. The smallest absolute Gasteiger partial charge is 0.214 e. The quantitative estimate of drug-likeness (QED) is 0.778. The van der Waals surface area contributed by atoms with Gasteiger partial charge in [0.25, 0.3) is 0 Å². The van der Waals surface area contributed by atoms with E-state index in [2.05, 4.69) is 11.8 Å². The fourth-order valence-corrected chi connectivity index (χ4v) is 5.19. The van der Waals surface area contributed by atoms with E-state index in [1.54, 1.807) is 4.31 Å². The number of sulfonamides is 1. The Kier molecular flexibility index (Phi) is 5.67. The van der Waals surface area contributed by atoms with Crippen LogP contribution in [0.3, 0.4) is 0 Å². The summed E-state index contributed by atoms with van der Waals surface area (Å²) >= 11 is 0. The van der Waals surface area contributed by atoms with Crippen LogP contribution in [-0.2, 0) is 10.0 Å². The van der Waals surface area contributed by atoms with Crippen LogP contribution in [-0.4, -0.2) is 54.4 Å². The van der Waals surface area contributed by atoms with Gasteiger partial charge in [-0.1, -0.05) is 31.5 Å². The molecule has 0 spiro atoms. The molecule has 0 unspecified atom stereocenters. The maximum absolute atomic E-state index is 12.4. The predicted molar refractivity (Wildman–Crippen MR) is 106 cm³/mol. The number of benzene rings is 1. The van der Waals surface area contributed by atoms with Crippen molar-refractivity contribution in [3.8, 4) is 5.69 Å². The van der Waals surface area contributed by atoms with Crippen LogP contribution in [0.1, 0.15) is 31.2 Å². The van der Waals surface area contributed by atoms with Crippen LogP contribution in [0.5, 0.6) is 0 Å². The highest BCUT2D eigenvalue weighted by atomic mass is 32.2. The van der Waals surface area contributed by atoms with Gasteiger partial charge in [-0.15, -0.1) is 0 Å². The Hall–Kier alpha value is -1.86. The molecule has 0 atom stereocenters. The Balaban J connectivity index is 1.75. The monoisotopic (exact) mass is 376 g/mol. The zero-order valence-corrected chi connectivity index (χ0v) is 16.7. The molecule has 0 radical (unpaired) electrons. The number of nitrogens with zero attached hydrogens (tertiary/aromatic N) is 4. The van der Waals surface area contributed by atoms with E-state index in [1.807, 2.05) is 48.9 Å². The van der Waals surface area contributed by atoms with E-state index in [0.29, 0.717) is 26.2 Å². The van der Waals surface area contributed by atoms with Crippen molar-refractivity contribution in [2.24, 2.45) is 0 Å². The molecule has 0 bridgehead atoms. The molecular weight excluding hydrogens is 348 g/mol. The topological polar surface area (TPSA) is 58.4 Å². The third-order valence-electron chi connectivity index (χ3n) is 4.96. The van der Waals surface area contributed by atoms with Crippen LogP contribution in [0.2, 0.25) is 0 Å². The highest BCUT2D eigenvalue weighted by molar-refractivity contribution is 7.89. The minimum Gasteiger partial charge on any atom is -0.366 e. The van der Waals surface area contributed by atoms with Gasteiger partial charge in [0.15, 0.2) is 0 Å². The molecule has 1 aliphatic rings. The first-order chi connectivity index (χ1) is 12.4. The first-order valence-corrected chi connectivity index (χ1v) is 10.9. The van der Waals surface area contributed by atoms with Crippen LogP contribution in [0.25, 0.3) is 5.69 Å². The van der Waals surface area contributed by atoms with Crippen LogP contribution >= 0.6 is 0 Å². The summed E-state index contributed by atoms with van der Waals surface area (Å²) in [6.45, 7) is 8.60. The average molecular weight is 377 g/mol. The first-order valence-electron chi connectivity index (χ1n) is 9.28. The molecule has 142 valence electrons. The lowest BCUT2D eigenvalue weighted by Crippen LogP contribution is -2.49. The fourth-order valence-electron chi connectivity index (χ4n) is 3.56. The largest absolute Gasteiger partial charge is 0.366 e. The lowest BCUT2D eigenvalue weighted by Gasteiger charge is -2.35. The standard InChI is InChI=1S/C19H28N4O2S/c1-4-5-15-26(24,25)22-13-11-21(12-14-22)19-16(2)20-23(17(19)3)18-9-7-6-8-10-18/h6-10H,4-5,11-15H2,1-3H3. The second-order valence-electron chi connectivity index (χ2n) is 6.82. The number of aromatic nitrogens is 2. The lowest BCUT2D eigenvalue weighted by molar-refractivity contribution is 0.384. The normalized spacial score (nSPS) is 16.2. The summed E-state index contributed by atoms with van der Waals surface area (Å²) in [5.74, 6) is 0.257. The summed E-state index contributed by atoms with van der Waals surface area (Å²) in [4.78, 5) is 2.27. The number of rotatable bonds is 6. The lowest BCUT2D eigenvalue weighted by atomic mass is 10.2. The van der Waals surface area contributed by atoms with Crippen molar-refractivity contribution < 1.29 is 8.42 Å². The second kappa shape index (κ2) is 7.80. The van der Waals surface area contributed by atoms with E-state index in [9.17, 15) is 8.42 Å². The number of hydrogen-bond donors (Lipinski definition) is 0. The van der Waals surface area contributed by atoms with E-state index in [-0.39, 0.29) is 5.75 Å². The summed E-state index contributed by atoms with van der Waals surface area (Å²) in [6.07, 6.45) is 1.63. The average Bonchev–Trinajstić information content (AvgIpc) is 2.95. The summed E-state index contributed by atoms with van der Waals surface area (Å²) in [6, 6.07) is 10.1. The van der Waals surface area contributed by atoms with Gasteiger partial charge in [-0.25, -0.2) is 13.1 Å². The zero-order chi connectivity index (χ0) is 18.7. The second-order valence-corrected chi connectivity index (χ2v) is 8.91. The molecule has 1 fully saturated rings. The molecule has 2 heterocycles. The van der Waals surface area contributed by atoms with Crippen molar-refractivity contribution in [3.05, 3.63) is 41.7 Å². The van der Waals surface area contributed by atoms with Gasteiger partial charge in [0.05, 0.1) is 28.5 Å². The Labute approximate surface area is 156 Å². The minimum atomic E-state index is -3.12. The Bertz CT molecular complexity index is 838. The molecule has 7 heteroatoms. The molecule has 26 heavy (non-hydrogen) atoms. The van der Waals surface area contributed by atoms with Crippen molar-refractivity contribution in [1.29, 1.82) is 0 Å². The fraction of sp³-hybridized carbons (Fsp3) is 0.526. The maximum Gasteiger partial charge on any atom is 0.214 e. The number of para-hydroxylation sites is 1. The third-order valence-corrected chi connectivity index (χ3v) is 6.91. The van der Waals surface area contributed by atoms with Crippen molar-refractivity contribution in [1.82, 2.24) is 14.1 Å². The van der Waals surface area contributed by atoms with E-state index in [4.69, 9.17) is 5.10 Å². The highest BCUT2D eigenvalue weighted by Gasteiger charge is 2.28. The molecule has 1 aromatic carbocycles. The van der Waals surface area contributed by atoms with E-state index in [1.165, 1.54) is 0 Å². The number of anilines is 1. The third kappa shape index (κ3) is 3.78. The number of piperazine rings is 1. The van der Waals surface area contributed by atoms with Crippen LogP contribution in [0, 0.1) is 13.8 Å². The molecular formula is C19H28N4O2S. The summed E-state index contributed by atoms with van der Waals surface area (Å²) in [7, 11) is -3.12. The van der Waals surface area contributed by atoms with Crippen molar-refractivity contribution in [2.75, 3.05) is 36.8 Å². The maximum atomic E-state index is 12.4. The molecule has 1 saturated heterocycles. The van der Waals surface area contributed by atoms with Crippen LogP contribution in [0.4, 0.5) is 5.69 Å². The molecule has 3 rings (SSSR count). The van der Waals surface area contributed by atoms with Gasteiger partial charge in [0.2, 0.25) is 10.0 Å². The molecule has 0 amide bonds. The van der Waals surface area contributed by atoms with Crippen LogP contribution in [0.15, 0.2) is 30.3 Å². The number of hydrogen-bond acceptors (Lipinski definition) is 4. The highest BCUT2D eigenvalue weighted by Crippen LogP contribution is 2.28. The van der Waals surface area contributed by atoms with Gasteiger partial charge in [-0.3, -0.25) is 0 Å². The van der Waals surface area contributed by atoms with Gasteiger partial charge in [0, 0.05) is 26.2 Å². The SMILES string of the molecule is CCCCS(=O)(=O)N1CCN(c2c(C)nn(-c3ccccc3)c2C)CC1. The van der Waals surface area contributed by atoms with Gasteiger partial charge < -0.3 is 4.90 Å². The molecule has 6 nitrogen and oxygen atoms in total. The van der Waals surface area contributed by atoms with Gasteiger partial charge >= 0.3 is 0 Å². The zero-order valence-electron chi connectivity index (χ0n) is 15.9. The van der Waals surface area contributed by atoms with Gasteiger partial charge in [-0.05, 0) is 32.4 Å². The van der Waals surface area contributed by atoms with Crippen molar-refractivity contribution in [2.45, 2.75) is 33.6 Å². The van der Waals surface area contributed by atoms with E-state index < -0.39 is 10.0 Å². The van der Waals surface area contributed by atoms with E-state index in [0.717, 1.165) is 35.6 Å². The Morgan fingerprint density at radius 3 is 2.31 bits per heavy atom. The minimum absolute atomic E-state index is 0.257. The molecule has 0 saturated carbocycles. The summed E-state index contributed by atoms with van der Waals surface area (Å²) in [5, 5.41) is 4.71. The van der Waals surface area contributed by atoms with E-state index >= 15 is 0 Å². The summed E-state index contributed by atoms with van der Waals surface area (Å²) < 4.78 is 28.4. The Morgan fingerprint density at radius 1 is 1.04 bits per heavy atom. The van der Waals surface area contributed by atoms with Crippen LogP contribution < -0.4 is 4.90 Å². The van der Waals surface area contributed by atoms with Gasteiger partial charge in [-0.2, -0.15) is 9.40 Å². The Morgan fingerprint density at radius 2 is 1.69 bits per heavy atom. The first kappa shape index (κ1) is 18.9. The molecule has 1 aliphatic heterocycles. The molecule has 0 N–H and O–H groups in total. The predicted octanol–water partition coefficient (Wildman–Crippen LogP) is 2.74. The molecule has 0 aliphatic carbocycles. The van der Waals surface area contributed by atoms with Crippen molar-refractivity contribution in [3.63, 3.8) is 0 Å². The summed E-state index contributed by atoms with van der Waals surface area (Å²) in [5.41, 5.74) is 4.24. The van der Waals surface area contributed by atoms with Gasteiger partial charge in [0.1, 0.15) is 0 Å².